The molecule has 1 aromatic heterocycles. The second kappa shape index (κ2) is 27.1. The molecule has 3 aliphatic heterocycles. The van der Waals surface area contributed by atoms with Gasteiger partial charge in [-0.05, 0) is 105 Å². The van der Waals surface area contributed by atoms with E-state index in [0.717, 1.165) is 51.4 Å². The summed E-state index contributed by atoms with van der Waals surface area (Å²) >= 11 is 6.64. The Morgan fingerprint density at radius 3 is 2.25 bits per heavy atom. The van der Waals surface area contributed by atoms with Crippen LogP contribution in [0.15, 0.2) is 28.3 Å². The van der Waals surface area contributed by atoms with Gasteiger partial charge in [0.25, 0.3) is 0 Å². The van der Waals surface area contributed by atoms with Crippen molar-refractivity contribution in [2.45, 2.75) is 199 Å². The fraction of sp³-hybridized carbons (Fsp3) is 0.750. The van der Waals surface area contributed by atoms with Crippen LogP contribution < -0.4 is 16.1 Å². The lowest BCUT2D eigenvalue weighted by Gasteiger charge is -2.48. The molecule has 1 aromatic carbocycles. The quantitative estimate of drug-likeness (QED) is 0.0376. The highest BCUT2D eigenvalue weighted by atomic mass is 35.5. The second-order valence-corrected chi connectivity index (χ2v) is 22.9. The number of hydrogen-bond acceptors (Lipinski definition) is 18. The lowest BCUT2D eigenvalue weighted by Crippen LogP contribution is -2.60. The molecule has 4 fully saturated rings. The number of pyridine rings is 1. The van der Waals surface area contributed by atoms with E-state index >= 15 is 0 Å². The number of nitrogens with zero attached hydrogens (tertiary/aromatic N) is 3. The molecule has 0 radical (unpaired) electrons. The number of aromatic carboxylic acids is 1. The van der Waals surface area contributed by atoms with E-state index in [1.54, 1.807) is 33.1 Å². The Kier molecular flexibility index (Phi) is 21.7. The normalized spacial score (nSPS) is 32.7. The van der Waals surface area contributed by atoms with Crippen LogP contribution in [0.25, 0.3) is 10.9 Å². The third-order valence-electron chi connectivity index (χ3n) is 16.3. The van der Waals surface area contributed by atoms with Crippen molar-refractivity contribution in [1.29, 1.82) is 0 Å². The van der Waals surface area contributed by atoms with Gasteiger partial charge in [0.05, 0.1) is 52.1 Å². The number of likely N-dealkylation sites (N-methyl/N-ethyl adjacent to an activating group) is 1. The summed E-state index contributed by atoms with van der Waals surface area (Å²) < 4.78 is 45.9. The molecule has 14 atom stereocenters. The van der Waals surface area contributed by atoms with Crippen LogP contribution in [0.3, 0.4) is 0 Å². The number of nitrogens with one attached hydrogen (secondary N) is 2. The van der Waals surface area contributed by atoms with Gasteiger partial charge in [0.2, 0.25) is 5.43 Å². The van der Waals surface area contributed by atoms with E-state index in [2.05, 4.69) is 15.8 Å². The van der Waals surface area contributed by atoms with Crippen LogP contribution in [0.1, 0.15) is 149 Å². The number of oxime groups is 1. The van der Waals surface area contributed by atoms with E-state index in [1.807, 2.05) is 65.1 Å². The number of ether oxygens (including phenoxy) is 7. The van der Waals surface area contributed by atoms with E-state index in [-0.39, 0.29) is 43.0 Å². The van der Waals surface area contributed by atoms with Crippen molar-refractivity contribution < 1.29 is 67.4 Å². The van der Waals surface area contributed by atoms with Gasteiger partial charge in [0.1, 0.15) is 31.0 Å². The minimum atomic E-state index is -1.43. The molecule has 1 saturated carbocycles. The first-order chi connectivity index (χ1) is 36.5. The fourth-order valence-electron chi connectivity index (χ4n) is 11.8. The maximum absolute atomic E-state index is 14.6. The minimum absolute atomic E-state index is 0.00647. The molecular formula is C56H86ClN5O15. The number of carboxylic acids is 1. The minimum Gasteiger partial charge on any atom is -0.477 e. The molecule has 20 nitrogen and oxygen atoms in total. The third kappa shape index (κ3) is 14.6. The molecule has 0 bridgehead atoms. The predicted molar refractivity (Wildman–Crippen MR) is 290 cm³/mol. The van der Waals surface area contributed by atoms with Crippen molar-refractivity contribution in [1.82, 2.24) is 14.8 Å². The lowest BCUT2D eigenvalue weighted by molar-refractivity contribution is -0.301. The molecule has 1 aliphatic carbocycles. The summed E-state index contributed by atoms with van der Waals surface area (Å²) in [6, 6.07) is 3.28. The van der Waals surface area contributed by atoms with Gasteiger partial charge in [0.15, 0.2) is 18.0 Å². The highest BCUT2D eigenvalue weighted by molar-refractivity contribution is 6.34. The number of carbonyl (C=O) groups is 4. The number of halogens is 1. The molecule has 0 amide bonds. The molecule has 432 valence electrons. The molecular weight excluding hydrogens is 1020 g/mol. The van der Waals surface area contributed by atoms with Crippen LogP contribution in [0.2, 0.25) is 5.02 Å². The molecule has 77 heavy (non-hydrogen) atoms. The Labute approximate surface area is 458 Å². The number of unbranched alkanes of at least 4 members (excludes halogenated alkanes) is 5. The Morgan fingerprint density at radius 1 is 0.948 bits per heavy atom. The molecule has 6 rings (SSSR count). The first-order valence-electron chi connectivity index (χ1n) is 27.7. The SMILES string of the molecule is CC[C@H]1OC(=O)[C@H](C)[C@@H](OC(=O)CCNCCCCCCCCNc2cc3c(=O)c(C(=O)O)cn(C4CC4)c3cc2Cl)[C@H](C)[C@@H](O[C@@H]2O[C@H](C)C[C@H](N(C)C)[C@H]2O)[C@](C)(OC)C[C@@H](C)/C(=N\OC)[C@H](C)[C@H]2OC(=O)O[C@@]21C. The Hall–Kier alpha value is -4.57. The van der Waals surface area contributed by atoms with Gasteiger partial charge in [-0.15, -0.1) is 0 Å². The number of anilines is 1. The fourth-order valence-corrected chi connectivity index (χ4v) is 12.1. The first kappa shape index (κ1) is 61.6. The number of methoxy groups -OCH3 is 1. The van der Waals surface area contributed by atoms with Crippen LogP contribution in [-0.4, -0.2) is 158 Å². The molecule has 4 aliphatic rings. The smallest absolute Gasteiger partial charge is 0.477 e. The second-order valence-electron chi connectivity index (χ2n) is 22.5. The largest absolute Gasteiger partial charge is 0.509 e. The summed E-state index contributed by atoms with van der Waals surface area (Å²) in [7, 11) is 6.76. The highest BCUT2D eigenvalue weighted by Crippen LogP contribution is 2.44. The van der Waals surface area contributed by atoms with E-state index in [1.165, 1.54) is 13.3 Å². The zero-order valence-electron chi connectivity index (χ0n) is 47.3. The standard InChI is InChI=1S/C56H86ClN5O15/c1-13-43-56(8)50(76-54(69)77-56)33(4)45(60-71-12)31(2)29-55(7,70-11)49(75-53-47(65)42(61(9)10)26-32(3)72-53)34(5)48(35(6)52(68)73-43)74-44(63)22-25-58-23-18-16-14-15-17-19-24-59-40-27-37-41(28-39(40)57)62(36-20-21-36)30-38(46(37)64)51(66)67/h27-28,30-36,42-43,47-50,53,58-59,65H,13-26,29H2,1-12H3,(H,66,67)/b60-45+/t31-,32-,33+,34+,35-,42+,43-,47-,48+,49-,50-,53+,55-,56-/m1/s1. The van der Waals surface area contributed by atoms with Crippen molar-refractivity contribution >= 4 is 58.0 Å². The summed E-state index contributed by atoms with van der Waals surface area (Å²) in [6.07, 6.45) is 2.72. The van der Waals surface area contributed by atoms with Crippen LogP contribution in [0.4, 0.5) is 10.5 Å². The number of esters is 2. The number of carboxylic acid groups (broad SMARTS) is 1. The average Bonchev–Trinajstić information content (AvgIpc) is 4.22. The molecule has 3 saturated heterocycles. The van der Waals surface area contributed by atoms with Crippen molar-refractivity contribution in [3.05, 3.63) is 39.1 Å². The molecule has 21 heteroatoms. The molecule has 2 aromatic rings. The summed E-state index contributed by atoms with van der Waals surface area (Å²) in [5, 5.41) is 33.4. The number of fused-ring (bicyclic) bond motifs is 2. The van der Waals surface area contributed by atoms with Crippen LogP contribution in [-0.2, 0) is 47.6 Å². The molecule has 4 heterocycles. The van der Waals surface area contributed by atoms with Gasteiger partial charge < -0.3 is 68.3 Å². The maximum Gasteiger partial charge on any atom is 0.509 e. The van der Waals surface area contributed by atoms with Gasteiger partial charge in [0, 0.05) is 61.6 Å². The predicted octanol–water partition coefficient (Wildman–Crippen LogP) is 8.11. The molecule has 4 N–H and O–H groups in total. The van der Waals surface area contributed by atoms with E-state index in [0.29, 0.717) is 53.4 Å². The highest BCUT2D eigenvalue weighted by Gasteiger charge is 2.59. The van der Waals surface area contributed by atoms with Crippen LogP contribution in [0, 0.1) is 23.7 Å². The zero-order chi connectivity index (χ0) is 56.5. The average molecular weight is 1100 g/mol. The number of carbonyl (C=O) groups excluding carboxylic acids is 3. The van der Waals surface area contributed by atoms with Crippen LogP contribution in [0.5, 0.6) is 0 Å². The first-order valence-corrected chi connectivity index (χ1v) is 28.0. The van der Waals surface area contributed by atoms with Crippen molar-refractivity contribution in [2.24, 2.45) is 28.8 Å². The van der Waals surface area contributed by atoms with E-state index in [4.69, 9.17) is 49.6 Å². The number of cyclic esters (lactones) is 1. The molecule has 0 spiro atoms. The Balaban J connectivity index is 1.09. The van der Waals surface area contributed by atoms with Gasteiger partial charge in [-0.2, -0.15) is 0 Å². The van der Waals surface area contributed by atoms with Crippen molar-refractivity contribution in [3.8, 4) is 0 Å². The van der Waals surface area contributed by atoms with E-state index < -0.39 is 101 Å². The van der Waals surface area contributed by atoms with Crippen LogP contribution >= 0.6 is 11.6 Å². The van der Waals surface area contributed by atoms with Crippen molar-refractivity contribution in [3.63, 3.8) is 0 Å². The number of hydrogen-bond donors (Lipinski definition) is 4. The number of aromatic nitrogens is 1. The number of aliphatic hydroxyl groups excluding tert-OH is 1. The van der Waals surface area contributed by atoms with Gasteiger partial charge >= 0.3 is 24.1 Å². The Morgan fingerprint density at radius 2 is 1.62 bits per heavy atom. The zero-order valence-corrected chi connectivity index (χ0v) is 48.0. The summed E-state index contributed by atoms with van der Waals surface area (Å²) in [6.45, 7) is 16.2. The summed E-state index contributed by atoms with van der Waals surface area (Å²) in [4.78, 5) is 73.8. The Bertz CT molecular complexity index is 2450. The number of benzene rings is 1. The van der Waals surface area contributed by atoms with Crippen molar-refractivity contribution in [2.75, 3.05) is 53.3 Å². The maximum atomic E-state index is 14.6. The van der Waals surface area contributed by atoms with Gasteiger partial charge in [-0.25, -0.2) is 9.59 Å². The molecule has 0 unspecified atom stereocenters. The van der Waals surface area contributed by atoms with E-state index in [9.17, 15) is 34.2 Å². The number of rotatable bonds is 22. The summed E-state index contributed by atoms with van der Waals surface area (Å²) in [5.41, 5.74) is -1.63. The summed E-state index contributed by atoms with van der Waals surface area (Å²) in [5.74, 6) is -5.31. The van der Waals surface area contributed by atoms with Gasteiger partial charge in [-0.3, -0.25) is 14.4 Å². The monoisotopic (exact) mass is 1100 g/mol. The number of aliphatic hydroxyl groups is 1. The lowest BCUT2D eigenvalue weighted by atomic mass is 9.73. The topological polar surface area (TPSA) is 244 Å². The van der Waals surface area contributed by atoms with Gasteiger partial charge in [-0.1, -0.05) is 70.1 Å². The third-order valence-corrected chi connectivity index (χ3v) is 16.7.